The molecule has 0 unspecified atom stereocenters. The second kappa shape index (κ2) is 5.61. The summed E-state index contributed by atoms with van der Waals surface area (Å²) >= 11 is 2.06. The van der Waals surface area contributed by atoms with E-state index in [0.717, 1.165) is 0 Å². The topological polar surface area (TPSA) is 0 Å². The molecule has 4 aliphatic rings. The fraction of sp³-hybridized carbons (Fsp3) is 0.286. The average Bonchev–Trinajstić information content (AvgIpc) is 3.38. The molecule has 2 atom stereocenters. The predicted octanol–water partition coefficient (Wildman–Crippen LogP) is 7.76. The monoisotopic (exact) mass is 392 g/mol. The number of allylic oxidation sites excluding steroid dienone is 4. The molecular weight excluding hydrogens is 368 g/mol. The molecule has 142 valence electrons. The van der Waals surface area contributed by atoms with Crippen molar-refractivity contribution in [2.24, 2.45) is 0 Å². The van der Waals surface area contributed by atoms with Crippen molar-refractivity contribution in [2.75, 3.05) is 0 Å². The second-order valence-electron chi connectivity index (χ2n) is 9.13. The van der Waals surface area contributed by atoms with Crippen LogP contribution in [0.25, 0.3) is 20.9 Å². The summed E-state index contributed by atoms with van der Waals surface area (Å²) in [5, 5.41) is 0. The Bertz CT molecular complexity index is 1130. The van der Waals surface area contributed by atoms with E-state index in [2.05, 4.69) is 84.2 Å². The summed E-state index contributed by atoms with van der Waals surface area (Å²) in [6.07, 6.45) is 17.5. The lowest BCUT2D eigenvalue weighted by molar-refractivity contribution is 0.504. The Hall–Kier alpha value is -2.38. The van der Waals surface area contributed by atoms with E-state index in [9.17, 15) is 0 Å². The second-order valence-corrected chi connectivity index (χ2v) is 10.2. The van der Waals surface area contributed by atoms with E-state index in [-0.39, 0.29) is 10.8 Å². The van der Waals surface area contributed by atoms with Crippen LogP contribution in [0.3, 0.4) is 0 Å². The number of rotatable bonds is 0. The SMILES string of the molecule is C1=C[C@@]2(CCC1)c1ccccc1-c1sc3c(c12)[C@@]1(C=CCCC1)c1ccccc1-3. The van der Waals surface area contributed by atoms with Gasteiger partial charge in [-0.15, -0.1) is 11.3 Å². The van der Waals surface area contributed by atoms with Gasteiger partial charge >= 0.3 is 0 Å². The molecule has 0 nitrogen and oxygen atoms in total. The molecule has 2 spiro atoms. The lowest BCUT2D eigenvalue weighted by Crippen LogP contribution is -2.31. The fourth-order valence-electron chi connectivity index (χ4n) is 6.67. The third-order valence-electron chi connectivity index (χ3n) is 7.79. The van der Waals surface area contributed by atoms with Gasteiger partial charge in [0.2, 0.25) is 0 Å². The van der Waals surface area contributed by atoms with E-state index in [0.29, 0.717) is 0 Å². The van der Waals surface area contributed by atoms with E-state index in [4.69, 9.17) is 0 Å². The molecule has 0 bridgehead atoms. The van der Waals surface area contributed by atoms with Gasteiger partial charge < -0.3 is 0 Å². The zero-order chi connectivity index (χ0) is 19.1. The highest BCUT2D eigenvalue weighted by molar-refractivity contribution is 7.19. The van der Waals surface area contributed by atoms with Crippen LogP contribution in [-0.2, 0) is 10.8 Å². The van der Waals surface area contributed by atoms with Crippen LogP contribution >= 0.6 is 11.3 Å². The Labute approximate surface area is 176 Å². The van der Waals surface area contributed by atoms with Gasteiger partial charge in [-0.3, -0.25) is 0 Å². The van der Waals surface area contributed by atoms with Gasteiger partial charge in [0, 0.05) is 20.6 Å². The third kappa shape index (κ3) is 1.86. The molecule has 0 saturated heterocycles. The van der Waals surface area contributed by atoms with Crippen molar-refractivity contribution in [3.8, 4) is 20.9 Å². The predicted molar refractivity (Wildman–Crippen MR) is 123 cm³/mol. The maximum Gasteiger partial charge on any atom is 0.0406 e. The minimum atomic E-state index is 0.0780. The van der Waals surface area contributed by atoms with Crippen molar-refractivity contribution in [3.63, 3.8) is 0 Å². The van der Waals surface area contributed by atoms with Crippen LogP contribution in [0.5, 0.6) is 0 Å². The molecule has 0 saturated carbocycles. The van der Waals surface area contributed by atoms with Gasteiger partial charge in [-0.25, -0.2) is 0 Å². The Morgan fingerprint density at radius 2 is 1.10 bits per heavy atom. The van der Waals surface area contributed by atoms with Gasteiger partial charge in [-0.1, -0.05) is 72.8 Å². The van der Waals surface area contributed by atoms with Gasteiger partial charge in [0.25, 0.3) is 0 Å². The number of benzene rings is 2. The van der Waals surface area contributed by atoms with Gasteiger partial charge in [0.15, 0.2) is 0 Å². The summed E-state index contributed by atoms with van der Waals surface area (Å²) in [5.74, 6) is 0. The van der Waals surface area contributed by atoms with E-state index in [1.165, 1.54) is 49.7 Å². The molecular formula is C28H24S. The first-order valence-electron chi connectivity index (χ1n) is 11.1. The first-order valence-corrected chi connectivity index (χ1v) is 11.9. The number of hydrogen-bond acceptors (Lipinski definition) is 1. The molecule has 0 amide bonds. The zero-order valence-corrected chi connectivity index (χ0v) is 17.4. The minimum Gasteiger partial charge on any atom is -0.135 e. The minimum absolute atomic E-state index is 0.0780. The maximum absolute atomic E-state index is 2.57. The largest absolute Gasteiger partial charge is 0.135 e. The van der Waals surface area contributed by atoms with Crippen LogP contribution in [0.2, 0.25) is 0 Å². The van der Waals surface area contributed by atoms with Crippen LogP contribution in [0.1, 0.15) is 60.8 Å². The van der Waals surface area contributed by atoms with E-state index < -0.39 is 0 Å². The number of thiophene rings is 1. The van der Waals surface area contributed by atoms with Crippen molar-refractivity contribution < 1.29 is 0 Å². The van der Waals surface area contributed by atoms with Gasteiger partial charge in [0.1, 0.15) is 0 Å². The first kappa shape index (κ1) is 16.4. The van der Waals surface area contributed by atoms with Crippen molar-refractivity contribution in [3.05, 3.63) is 95.1 Å². The maximum atomic E-state index is 2.57. The van der Waals surface area contributed by atoms with Crippen LogP contribution in [0.15, 0.2) is 72.8 Å². The Morgan fingerprint density at radius 3 is 1.55 bits per heavy atom. The van der Waals surface area contributed by atoms with Crippen molar-refractivity contribution in [1.82, 2.24) is 0 Å². The van der Waals surface area contributed by atoms with E-state index in [1.54, 1.807) is 32.0 Å². The van der Waals surface area contributed by atoms with Crippen molar-refractivity contribution in [1.29, 1.82) is 0 Å². The molecule has 1 heteroatoms. The lowest BCUT2D eigenvalue weighted by Gasteiger charge is -2.37. The van der Waals surface area contributed by atoms with Gasteiger partial charge in [-0.2, -0.15) is 0 Å². The molecule has 0 fully saturated rings. The zero-order valence-electron chi connectivity index (χ0n) is 16.6. The van der Waals surface area contributed by atoms with Crippen LogP contribution in [0, 0.1) is 0 Å². The molecule has 2 aromatic carbocycles. The summed E-state index contributed by atoms with van der Waals surface area (Å²) < 4.78 is 0. The molecule has 3 aromatic rings. The fourth-order valence-corrected chi connectivity index (χ4v) is 8.22. The highest BCUT2D eigenvalue weighted by Gasteiger charge is 2.53. The number of hydrogen-bond donors (Lipinski definition) is 0. The van der Waals surface area contributed by atoms with E-state index in [1.807, 2.05) is 0 Å². The first-order chi connectivity index (χ1) is 14.4. The summed E-state index contributed by atoms with van der Waals surface area (Å²) in [6, 6.07) is 18.5. The average molecular weight is 393 g/mol. The quantitative estimate of drug-likeness (QED) is 0.343. The van der Waals surface area contributed by atoms with Gasteiger partial charge in [0.05, 0.1) is 0 Å². The third-order valence-corrected chi connectivity index (χ3v) is 9.05. The molecule has 0 radical (unpaired) electrons. The summed E-state index contributed by atoms with van der Waals surface area (Å²) in [5.41, 5.74) is 9.52. The molecule has 0 N–H and O–H groups in total. The summed E-state index contributed by atoms with van der Waals surface area (Å²) in [6.45, 7) is 0. The van der Waals surface area contributed by atoms with Gasteiger partial charge in [-0.05, 0) is 71.9 Å². The Kier molecular flexibility index (Phi) is 3.18. The van der Waals surface area contributed by atoms with Crippen molar-refractivity contribution in [2.45, 2.75) is 49.4 Å². The number of fused-ring (bicyclic) bond motifs is 11. The summed E-state index contributed by atoms with van der Waals surface area (Å²) in [4.78, 5) is 3.09. The molecule has 1 heterocycles. The van der Waals surface area contributed by atoms with Crippen molar-refractivity contribution >= 4 is 11.3 Å². The van der Waals surface area contributed by atoms with E-state index >= 15 is 0 Å². The smallest absolute Gasteiger partial charge is 0.0406 e. The summed E-state index contributed by atoms with van der Waals surface area (Å²) in [7, 11) is 0. The standard InChI is InChI=1S/C28H24S/c1-7-15-27(16-8-1)21-13-5-3-11-19(21)25-23(27)24-26(29-25)20-12-4-6-14-22(20)28(24)17-9-2-10-18-28/h3-7,9,11-15,17H,1-2,8,10,16,18H2/t27-,28-/m1/s1. The normalized spacial score (nSPS) is 27.9. The Morgan fingerprint density at radius 1 is 0.621 bits per heavy atom. The highest BCUT2D eigenvalue weighted by atomic mass is 32.1. The van der Waals surface area contributed by atoms with Crippen LogP contribution < -0.4 is 0 Å². The molecule has 29 heavy (non-hydrogen) atoms. The highest BCUT2D eigenvalue weighted by Crippen LogP contribution is 2.66. The van der Waals surface area contributed by atoms with Crippen LogP contribution in [-0.4, -0.2) is 0 Å². The molecule has 0 aliphatic heterocycles. The lowest BCUT2D eigenvalue weighted by atomic mass is 9.65. The molecule has 4 aliphatic carbocycles. The molecule has 1 aromatic heterocycles. The Balaban J connectivity index is 1.63. The molecule has 7 rings (SSSR count). The van der Waals surface area contributed by atoms with Crippen LogP contribution in [0.4, 0.5) is 0 Å².